The summed E-state index contributed by atoms with van der Waals surface area (Å²) in [5, 5.41) is 10.4. The summed E-state index contributed by atoms with van der Waals surface area (Å²) in [6, 6.07) is 11.0. The average molecular weight is 259 g/mol. The van der Waals surface area contributed by atoms with Gasteiger partial charge in [-0.3, -0.25) is 0 Å². The van der Waals surface area contributed by atoms with Gasteiger partial charge >= 0.3 is 0 Å². The van der Waals surface area contributed by atoms with Crippen LogP contribution in [-0.2, 0) is 0 Å². The van der Waals surface area contributed by atoms with Crippen LogP contribution in [0.5, 0.6) is 11.6 Å². The van der Waals surface area contributed by atoms with Crippen LogP contribution in [0.15, 0.2) is 42.6 Å². The number of hydrogen-bond acceptors (Lipinski definition) is 4. The Balaban J connectivity index is 2.29. The molecule has 19 heavy (non-hydrogen) atoms. The quantitative estimate of drug-likeness (QED) is 0.896. The molecule has 1 heterocycles. The van der Waals surface area contributed by atoms with Gasteiger partial charge in [-0.15, -0.1) is 0 Å². The summed E-state index contributed by atoms with van der Waals surface area (Å²) in [6.07, 6.45) is 0.841. The molecule has 1 unspecified atom stereocenters. The van der Waals surface area contributed by atoms with E-state index in [-0.39, 0.29) is 0 Å². The number of rotatable bonds is 5. The van der Waals surface area contributed by atoms with Crippen molar-refractivity contribution in [3.05, 3.63) is 53.7 Å². The molecule has 2 aromatic rings. The molecular formula is C15H17NO3. The number of hydrogen-bond donors (Lipinski definition) is 1. The van der Waals surface area contributed by atoms with E-state index in [1.165, 1.54) is 0 Å². The molecule has 0 saturated heterocycles. The zero-order valence-corrected chi connectivity index (χ0v) is 11.0. The lowest BCUT2D eigenvalue weighted by atomic mass is 10.0. The fourth-order valence-corrected chi connectivity index (χ4v) is 1.85. The smallest absolute Gasteiger partial charge is 0.212 e. The molecular weight excluding hydrogens is 242 g/mol. The van der Waals surface area contributed by atoms with Gasteiger partial charge in [-0.1, -0.05) is 18.2 Å². The third-order valence-corrected chi connectivity index (χ3v) is 2.80. The first-order valence-corrected chi connectivity index (χ1v) is 6.16. The fourth-order valence-electron chi connectivity index (χ4n) is 1.85. The minimum absolute atomic E-state index is 0.522. The van der Waals surface area contributed by atoms with E-state index in [1.807, 2.05) is 31.2 Å². The van der Waals surface area contributed by atoms with E-state index >= 15 is 0 Å². The lowest BCUT2D eigenvalue weighted by molar-refractivity contribution is 0.211. The average Bonchev–Trinajstić information content (AvgIpc) is 2.47. The molecule has 0 radical (unpaired) electrons. The minimum Gasteiger partial charge on any atom is -0.493 e. The number of aromatic nitrogens is 1. The number of para-hydroxylation sites is 1. The highest BCUT2D eigenvalue weighted by Crippen LogP contribution is 2.29. The van der Waals surface area contributed by atoms with Gasteiger partial charge in [0.2, 0.25) is 5.88 Å². The standard InChI is InChI=1S/C15H17NO3/c1-3-19-13-7-5-4-6-12(13)15(17)11-8-9-14(18-2)16-10-11/h4-10,15,17H,3H2,1-2H3. The van der Waals surface area contributed by atoms with E-state index in [9.17, 15) is 5.11 Å². The largest absolute Gasteiger partial charge is 0.493 e. The van der Waals surface area contributed by atoms with E-state index in [1.54, 1.807) is 25.4 Å². The third-order valence-electron chi connectivity index (χ3n) is 2.80. The molecule has 0 saturated carbocycles. The number of methoxy groups -OCH3 is 1. The molecule has 1 atom stereocenters. The first-order chi connectivity index (χ1) is 9.26. The molecule has 0 spiro atoms. The first-order valence-electron chi connectivity index (χ1n) is 6.16. The summed E-state index contributed by atoms with van der Waals surface area (Å²) in [5.41, 5.74) is 1.43. The van der Waals surface area contributed by atoms with Crippen LogP contribution < -0.4 is 9.47 Å². The van der Waals surface area contributed by atoms with Gasteiger partial charge in [0.15, 0.2) is 0 Å². The molecule has 0 amide bonds. The first kappa shape index (κ1) is 13.4. The van der Waals surface area contributed by atoms with Crippen molar-refractivity contribution in [2.45, 2.75) is 13.0 Å². The number of benzene rings is 1. The molecule has 0 bridgehead atoms. The Bertz CT molecular complexity index is 525. The molecule has 4 nitrogen and oxygen atoms in total. The SMILES string of the molecule is CCOc1ccccc1C(O)c1ccc(OC)nc1. The predicted molar refractivity (Wildman–Crippen MR) is 72.5 cm³/mol. The summed E-state index contributed by atoms with van der Waals surface area (Å²) in [7, 11) is 1.56. The number of nitrogens with zero attached hydrogens (tertiary/aromatic N) is 1. The van der Waals surface area contributed by atoms with Crippen molar-refractivity contribution in [1.29, 1.82) is 0 Å². The second-order valence-corrected chi connectivity index (χ2v) is 4.01. The molecule has 0 aliphatic carbocycles. The van der Waals surface area contributed by atoms with Gasteiger partial charge in [0, 0.05) is 23.4 Å². The summed E-state index contributed by atoms with van der Waals surface area (Å²) in [4.78, 5) is 4.10. The Hall–Kier alpha value is -2.07. The minimum atomic E-state index is -0.763. The van der Waals surface area contributed by atoms with Crippen LogP contribution in [-0.4, -0.2) is 23.8 Å². The van der Waals surface area contributed by atoms with E-state index < -0.39 is 6.10 Å². The maximum atomic E-state index is 10.4. The van der Waals surface area contributed by atoms with Gasteiger partial charge in [0.1, 0.15) is 11.9 Å². The van der Waals surface area contributed by atoms with Gasteiger partial charge < -0.3 is 14.6 Å². The normalized spacial score (nSPS) is 11.9. The predicted octanol–water partition coefficient (Wildman–Crippen LogP) is 2.57. The molecule has 2 rings (SSSR count). The molecule has 0 aliphatic heterocycles. The van der Waals surface area contributed by atoms with Crippen LogP contribution in [0.1, 0.15) is 24.2 Å². The van der Waals surface area contributed by atoms with Crippen molar-refractivity contribution in [3.8, 4) is 11.6 Å². The fraction of sp³-hybridized carbons (Fsp3) is 0.267. The number of aliphatic hydroxyl groups is 1. The molecule has 0 aliphatic rings. The molecule has 0 fully saturated rings. The number of aliphatic hydroxyl groups excluding tert-OH is 1. The van der Waals surface area contributed by atoms with Crippen LogP contribution in [0, 0.1) is 0 Å². The van der Waals surface area contributed by atoms with Crippen LogP contribution in [0.2, 0.25) is 0 Å². The summed E-state index contributed by atoms with van der Waals surface area (Å²) in [6.45, 7) is 2.47. The van der Waals surface area contributed by atoms with Gasteiger partial charge in [-0.2, -0.15) is 0 Å². The molecule has 1 aromatic heterocycles. The second kappa shape index (κ2) is 6.20. The van der Waals surface area contributed by atoms with E-state index in [0.29, 0.717) is 23.8 Å². The maximum Gasteiger partial charge on any atom is 0.212 e. The van der Waals surface area contributed by atoms with E-state index in [4.69, 9.17) is 9.47 Å². The van der Waals surface area contributed by atoms with Crippen LogP contribution >= 0.6 is 0 Å². The Labute approximate surface area is 112 Å². The van der Waals surface area contributed by atoms with Crippen molar-refractivity contribution in [1.82, 2.24) is 4.98 Å². The van der Waals surface area contributed by atoms with Crippen LogP contribution in [0.25, 0.3) is 0 Å². The lowest BCUT2D eigenvalue weighted by Crippen LogP contribution is -2.04. The third kappa shape index (κ3) is 3.03. The summed E-state index contributed by atoms with van der Waals surface area (Å²) >= 11 is 0. The molecule has 1 aromatic carbocycles. The zero-order chi connectivity index (χ0) is 13.7. The van der Waals surface area contributed by atoms with Crippen LogP contribution in [0.3, 0.4) is 0 Å². The number of ether oxygens (including phenoxy) is 2. The van der Waals surface area contributed by atoms with Gasteiger partial charge in [0.25, 0.3) is 0 Å². The van der Waals surface area contributed by atoms with Crippen molar-refractivity contribution in [2.75, 3.05) is 13.7 Å². The van der Waals surface area contributed by atoms with Crippen molar-refractivity contribution >= 4 is 0 Å². The Morgan fingerprint density at radius 2 is 2.00 bits per heavy atom. The summed E-state index contributed by atoms with van der Waals surface area (Å²) in [5.74, 6) is 1.21. The highest BCUT2D eigenvalue weighted by molar-refractivity contribution is 5.40. The monoisotopic (exact) mass is 259 g/mol. The summed E-state index contributed by atoms with van der Waals surface area (Å²) < 4.78 is 10.5. The Morgan fingerprint density at radius 1 is 1.21 bits per heavy atom. The highest BCUT2D eigenvalue weighted by atomic mass is 16.5. The molecule has 4 heteroatoms. The Kier molecular flexibility index (Phi) is 4.36. The van der Waals surface area contributed by atoms with E-state index in [2.05, 4.69) is 4.98 Å². The van der Waals surface area contributed by atoms with Crippen LogP contribution in [0.4, 0.5) is 0 Å². The molecule has 100 valence electrons. The van der Waals surface area contributed by atoms with Crippen molar-refractivity contribution < 1.29 is 14.6 Å². The zero-order valence-electron chi connectivity index (χ0n) is 11.0. The number of pyridine rings is 1. The van der Waals surface area contributed by atoms with E-state index in [0.717, 1.165) is 5.56 Å². The van der Waals surface area contributed by atoms with Gasteiger partial charge in [-0.05, 0) is 19.1 Å². The van der Waals surface area contributed by atoms with Crippen molar-refractivity contribution in [3.63, 3.8) is 0 Å². The topological polar surface area (TPSA) is 51.6 Å². The van der Waals surface area contributed by atoms with Gasteiger partial charge in [0.05, 0.1) is 13.7 Å². The maximum absolute atomic E-state index is 10.4. The Morgan fingerprint density at radius 3 is 2.63 bits per heavy atom. The van der Waals surface area contributed by atoms with Gasteiger partial charge in [-0.25, -0.2) is 4.98 Å². The highest BCUT2D eigenvalue weighted by Gasteiger charge is 2.15. The lowest BCUT2D eigenvalue weighted by Gasteiger charge is -2.15. The molecule has 1 N–H and O–H groups in total. The second-order valence-electron chi connectivity index (χ2n) is 4.01. The van der Waals surface area contributed by atoms with Crippen molar-refractivity contribution in [2.24, 2.45) is 0 Å².